The van der Waals surface area contributed by atoms with E-state index in [1.54, 1.807) is 0 Å². The summed E-state index contributed by atoms with van der Waals surface area (Å²) >= 11 is 0. The van der Waals surface area contributed by atoms with Crippen molar-refractivity contribution in [2.24, 2.45) is 0 Å². The summed E-state index contributed by atoms with van der Waals surface area (Å²) in [5.74, 6) is -0.993. The van der Waals surface area contributed by atoms with E-state index in [2.05, 4.69) is 4.74 Å². The minimum atomic E-state index is -1.76. The van der Waals surface area contributed by atoms with E-state index < -0.39 is 37.0 Å². The van der Waals surface area contributed by atoms with Gasteiger partial charge < -0.3 is 25.2 Å². The van der Waals surface area contributed by atoms with Gasteiger partial charge in [-0.2, -0.15) is 0 Å². The predicted octanol–water partition coefficient (Wildman–Crippen LogP) is -3.01. The van der Waals surface area contributed by atoms with Crippen molar-refractivity contribution in [2.45, 2.75) is 24.6 Å². The number of aliphatic hydroxyl groups is 4. The first-order valence-corrected chi connectivity index (χ1v) is 3.42. The summed E-state index contributed by atoms with van der Waals surface area (Å²) in [7, 11) is 0. The summed E-state index contributed by atoms with van der Waals surface area (Å²) in [6.07, 6.45) is -6.05. The normalized spacial score (nSPS) is 43.2. The quantitative estimate of drug-likeness (QED) is 0.340. The van der Waals surface area contributed by atoms with Crippen molar-refractivity contribution in [3.05, 3.63) is 0 Å². The van der Waals surface area contributed by atoms with Crippen molar-refractivity contribution >= 4 is 5.78 Å². The molecule has 0 radical (unpaired) electrons. The fraction of sp³-hybridized carbons (Fsp3) is 0.833. The van der Waals surface area contributed by atoms with Crippen LogP contribution in [0.1, 0.15) is 0 Å². The second-order valence-electron chi connectivity index (χ2n) is 2.55. The largest absolute Gasteiger partial charge is 0.394 e. The first-order chi connectivity index (χ1) is 5.57. The van der Waals surface area contributed by atoms with Gasteiger partial charge in [0.05, 0.1) is 6.61 Å². The van der Waals surface area contributed by atoms with Gasteiger partial charge in [0, 0.05) is 0 Å². The molecule has 0 aromatic rings. The smallest absolute Gasteiger partial charge is 0.219 e. The molecule has 1 heterocycles. The van der Waals surface area contributed by atoms with Crippen LogP contribution >= 0.6 is 0 Å². The average Bonchev–Trinajstić information content (AvgIpc) is 2.08. The Morgan fingerprint density at radius 3 is 2.42 bits per heavy atom. The fourth-order valence-corrected chi connectivity index (χ4v) is 0.982. The highest BCUT2D eigenvalue weighted by Crippen LogP contribution is 2.15. The summed E-state index contributed by atoms with van der Waals surface area (Å²) in [6, 6.07) is 0. The molecule has 6 nitrogen and oxygen atoms in total. The summed E-state index contributed by atoms with van der Waals surface area (Å²) in [4.78, 5) is 10.7. The van der Waals surface area contributed by atoms with E-state index in [4.69, 9.17) is 20.4 Å². The standard InChI is InChI=1S/C6H10O6/c7-1-2-3(8)4(9)5(10)6(11)12-2/h2-4,6-9,11H,1H2/t2-,3-,4+,6?/m1/s1. The number of hydrogen-bond acceptors (Lipinski definition) is 6. The lowest BCUT2D eigenvalue weighted by atomic mass is 10.0. The first-order valence-electron chi connectivity index (χ1n) is 3.42. The molecular weight excluding hydrogens is 168 g/mol. The minimum Gasteiger partial charge on any atom is -0.394 e. The van der Waals surface area contributed by atoms with Gasteiger partial charge in [-0.05, 0) is 0 Å². The Morgan fingerprint density at radius 1 is 1.33 bits per heavy atom. The molecule has 1 unspecified atom stereocenters. The number of hydrogen-bond donors (Lipinski definition) is 4. The Balaban J connectivity index is 2.70. The van der Waals surface area contributed by atoms with Gasteiger partial charge >= 0.3 is 0 Å². The maximum atomic E-state index is 10.7. The minimum absolute atomic E-state index is 0.567. The monoisotopic (exact) mass is 178 g/mol. The third-order valence-electron chi connectivity index (χ3n) is 1.72. The summed E-state index contributed by atoms with van der Waals surface area (Å²) in [5.41, 5.74) is 0. The van der Waals surface area contributed by atoms with Crippen LogP contribution in [0.5, 0.6) is 0 Å². The second-order valence-corrected chi connectivity index (χ2v) is 2.55. The van der Waals surface area contributed by atoms with Crippen LogP contribution in [0, 0.1) is 0 Å². The molecule has 1 aliphatic heterocycles. The molecule has 0 bridgehead atoms. The molecule has 12 heavy (non-hydrogen) atoms. The van der Waals surface area contributed by atoms with E-state index in [1.165, 1.54) is 0 Å². The molecule has 70 valence electrons. The zero-order valence-electron chi connectivity index (χ0n) is 6.12. The van der Waals surface area contributed by atoms with Crippen molar-refractivity contribution in [1.82, 2.24) is 0 Å². The van der Waals surface area contributed by atoms with Crippen molar-refractivity contribution in [3.63, 3.8) is 0 Å². The highest BCUT2D eigenvalue weighted by molar-refractivity contribution is 5.87. The Hall–Kier alpha value is -0.530. The molecule has 1 fully saturated rings. The number of Topliss-reactive ketones (excluding diaryl/α,β-unsaturated/α-hetero) is 1. The molecule has 0 amide bonds. The number of carbonyl (C=O) groups is 1. The van der Waals surface area contributed by atoms with E-state index in [0.717, 1.165) is 0 Å². The van der Waals surface area contributed by atoms with Crippen LogP contribution in [0.15, 0.2) is 0 Å². The van der Waals surface area contributed by atoms with Gasteiger partial charge in [0.15, 0.2) is 0 Å². The van der Waals surface area contributed by atoms with Crippen LogP contribution in [0.25, 0.3) is 0 Å². The van der Waals surface area contributed by atoms with Crippen LogP contribution in [-0.4, -0.2) is 57.4 Å². The van der Waals surface area contributed by atoms with Gasteiger partial charge in [-0.1, -0.05) is 0 Å². The van der Waals surface area contributed by atoms with Gasteiger partial charge in [-0.15, -0.1) is 0 Å². The van der Waals surface area contributed by atoms with E-state index >= 15 is 0 Å². The number of ketones is 1. The highest BCUT2D eigenvalue weighted by Gasteiger charge is 2.42. The molecule has 0 aromatic carbocycles. The molecule has 1 aliphatic rings. The maximum Gasteiger partial charge on any atom is 0.219 e. The Labute approximate surface area is 68.0 Å². The van der Waals surface area contributed by atoms with Crippen LogP contribution in [-0.2, 0) is 9.53 Å². The number of rotatable bonds is 1. The molecule has 4 N–H and O–H groups in total. The van der Waals surface area contributed by atoms with E-state index in [-0.39, 0.29) is 0 Å². The lowest BCUT2D eigenvalue weighted by molar-refractivity contribution is -0.226. The molecular formula is C6H10O6. The third kappa shape index (κ3) is 1.47. The first kappa shape index (κ1) is 9.56. The van der Waals surface area contributed by atoms with Crippen LogP contribution < -0.4 is 0 Å². The molecule has 6 heteroatoms. The van der Waals surface area contributed by atoms with Crippen molar-refractivity contribution in [1.29, 1.82) is 0 Å². The van der Waals surface area contributed by atoms with Gasteiger partial charge in [-0.25, -0.2) is 0 Å². The summed E-state index contributed by atoms with van der Waals surface area (Å²) < 4.78 is 4.48. The van der Waals surface area contributed by atoms with E-state index in [9.17, 15) is 4.79 Å². The number of aliphatic hydroxyl groups excluding tert-OH is 4. The summed E-state index contributed by atoms with van der Waals surface area (Å²) in [5, 5.41) is 35.4. The zero-order chi connectivity index (χ0) is 9.30. The fourth-order valence-electron chi connectivity index (χ4n) is 0.982. The Bertz CT molecular complexity index is 181. The molecule has 0 aliphatic carbocycles. The SMILES string of the molecule is O=C1C(O)O[C@H](CO)[C@@H](O)[C@@H]1O. The van der Waals surface area contributed by atoms with Crippen molar-refractivity contribution in [3.8, 4) is 0 Å². The lowest BCUT2D eigenvalue weighted by Crippen LogP contribution is -2.56. The molecule has 1 saturated heterocycles. The zero-order valence-corrected chi connectivity index (χ0v) is 6.12. The summed E-state index contributed by atoms with van der Waals surface area (Å²) in [6.45, 7) is -0.567. The van der Waals surface area contributed by atoms with Crippen molar-refractivity contribution in [2.75, 3.05) is 6.61 Å². The predicted molar refractivity (Wildman–Crippen MR) is 35.0 cm³/mol. The van der Waals surface area contributed by atoms with E-state index in [1.807, 2.05) is 0 Å². The third-order valence-corrected chi connectivity index (χ3v) is 1.72. The molecule has 0 spiro atoms. The number of carbonyl (C=O) groups excluding carboxylic acids is 1. The average molecular weight is 178 g/mol. The molecule has 0 saturated carbocycles. The molecule has 0 aromatic heterocycles. The maximum absolute atomic E-state index is 10.7. The van der Waals surface area contributed by atoms with Gasteiger partial charge in [0.1, 0.15) is 18.3 Å². The van der Waals surface area contributed by atoms with Gasteiger partial charge in [0.2, 0.25) is 12.1 Å². The van der Waals surface area contributed by atoms with Crippen molar-refractivity contribution < 1.29 is 30.0 Å². The van der Waals surface area contributed by atoms with Gasteiger partial charge in [0.25, 0.3) is 0 Å². The second kappa shape index (κ2) is 3.46. The van der Waals surface area contributed by atoms with Crippen LogP contribution in [0.4, 0.5) is 0 Å². The highest BCUT2D eigenvalue weighted by atomic mass is 16.6. The molecule has 4 atom stereocenters. The van der Waals surface area contributed by atoms with Crippen LogP contribution in [0.2, 0.25) is 0 Å². The molecule has 1 rings (SSSR count). The Kier molecular flexibility index (Phi) is 2.76. The topological polar surface area (TPSA) is 107 Å². The van der Waals surface area contributed by atoms with E-state index in [0.29, 0.717) is 0 Å². The lowest BCUT2D eigenvalue weighted by Gasteiger charge is -2.32. The van der Waals surface area contributed by atoms with Crippen LogP contribution in [0.3, 0.4) is 0 Å². The number of ether oxygens (including phenoxy) is 1. The Morgan fingerprint density at radius 2 is 1.92 bits per heavy atom. The van der Waals surface area contributed by atoms with Gasteiger partial charge in [-0.3, -0.25) is 4.79 Å².